The van der Waals surface area contributed by atoms with E-state index in [0.29, 0.717) is 86.7 Å². The monoisotopic (exact) mass is 632 g/mol. The lowest BCUT2D eigenvalue weighted by atomic mass is 9.92. The first kappa shape index (κ1) is 41.8. The molecule has 0 bridgehead atoms. The summed E-state index contributed by atoms with van der Waals surface area (Å²) in [6.07, 6.45) is 5.56. The molecule has 1 rings (SSSR count). The van der Waals surface area contributed by atoms with Gasteiger partial charge in [0.15, 0.2) is 0 Å². The van der Waals surface area contributed by atoms with Crippen molar-refractivity contribution in [1.82, 2.24) is 14.7 Å². The van der Waals surface area contributed by atoms with Crippen LogP contribution in [0.3, 0.4) is 0 Å². The highest BCUT2D eigenvalue weighted by Gasteiger charge is 2.26. The highest BCUT2D eigenvalue weighted by molar-refractivity contribution is 6.12. The van der Waals surface area contributed by atoms with E-state index in [1.807, 2.05) is 21.0 Å². The van der Waals surface area contributed by atoms with Crippen molar-refractivity contribution >= 4 is 30.1 Å². The molecule has 0 aromatic heterocycles. The van der Waals surface area contributed by atoms with Crippen LogP contribution >= 0.6 is 0 Å². The summed E-state index contributed by atoms with van der Waals surface area (Å²) >= 11 is 0. The molecular formula is C34H56N4O7. The standard InChI is InChI=1S/C27H40N2O6.C7H16N2O/c1-6-20(2)26(31)29(12-8-14-34-16-18-35-17-15-33-13-7-11-28)27(32)24-10-9-21(3)25(23(24)5)22(4)19-30;1-8(2)5-4-6-9(3)7-10/h6,9-10,19H,4,7-8,11-18,28H2,1-3,5H3;7H,4-6H2,1-3H3/b20-6+;. The van der Waals surface area contributed by atoms with Gasteiger partial charge in [-0.05, 0) is 96.9 Å². The maximum absolute atomic E-state index is 13.4. The normalized spacial score (nSPS) is 11.1. The largest absolute Gasteiger partial charge is 0.379 e. The average Bonchev–Trinajstić information content (AvgIpc) is 3.02. The van der Waals surface area contributed by atoms with Gasteiger partial charge < -0.3 is 29.7 Å². The molecule has 2 N–H and O–H groups in total. The summed E-state index contributed by atoms with van der Waals surface area (Å²) in [6, 6.07) is 3.45. The Kier molecular flexibility index (Phi) is 23.2. The molecule has 0 saturated heterocycles. The molecule has 0 aliphatic carbocycles. The van der Waals surface area contributed by atoms with Gasteiger partial charge in [0.05, 0.1) is 26.4 Å². The fourth-order valence-electron chi connectivity index (χ4n) is 4.15. The van der Waals surface area contributed by atoms with Gasteiger partial charge in [-0.2, -0.15) is 0 Å². The first-order valence-electron chi connectivity index (χ1n) is 15.4. The molecule has 3 amide bonds. The van der Waals surface area contributed by atoms with Gasteiger partial charge in [-0.15, -0.1) is 0 Å². The van der Waals surface area contributed by atoms with Crippen LogP contribution in [0.25, 0.3) is 5.57 Å². The Balaban J connectivity index is 0.00000165. The highest BCUT2D eigenvalue weighted by atomic mass is 16.5. The number of carbonyl (C=O) groups is 4. The highest BCUT2D eigenvalue weighted by Crippen LogP contribution is 2.25. The molecule has 0 atom stereocenters. The van der Waals surface area contributed by atoms with E-state index >= 15 is 0 Å². The molecule has 11 heteroatoms. The van der Waals surface area contributed by atoms with Crippen molar-refractivity contribution in [2.75, 3.05) is 87.0 Å². The molecule has 11 nitrogen and oxygen atoms in total. The van der Waals surface area contributed by atoms with Crippen LogP contribution in [0.4, 0.5) is 0 Å². The third-order valence-electron chi connectivity index (χ3n) is 6.83. The van der Waals surface area contributed by atoms with Crippen molar-refractivity contribution in [3.8, 4) is 0 Å². The molecule has 45 heavy (non-hydrogen) atoms. The second-order valence-electron chi connectivity index (χ2n) is 10.9. The average molecular weight is 633 g/mol. The van der Waals surface area contributed by atoms with Gasteiger partial charge in [-0.3, -0.25) is 24.1 Å². The summed E-state index contributed by atoms with van der Waals surface area (Å²) in [4.78, 5) is 52.8. The fourth-order valence-corrected chi connectivity index (χ4v) is 4.15. The predicted molar refractivity (Wildman–Crippen MR) is 179 cm³/mol. The molecule has 0 heterocycles. The Labute approximate surface area is 270 Å². The molecule has 0 saturated carbocycles. The van der Waals surface area contributed by atoms with Crippen molar-refractivity contribution in [3.05, 3.63) is 52.6 Å². The Hall–Kier alpha value is -3.22. The minimum absolute atomic E-state index is 0.204. The zero-order chi connectivity index (χ0) is 34.2. The number of aldehydes is 1. The van der Waals surface area contributed by atoms with E-state index in [-0.39, 0.29) is 12.5 Å². The number of carbonyl (C=O) groups excluding carboxylic acids is 4. The number of ether oxygens (including phenoxy) is 3. The van der Waals surface area contributed by atoms with E-state index in [1.165, 1.54) is 4.90 Å². The van der Waals surface area contributed by atoms with Crippen molar-refractivity contribution in [2.45, 2.75) is 47.0 Å². The number of imide groups is 1. The Morgan fingerprint density at radius 2 is 1.44 bits per heavy atom. The first-order valence-corrected chi connectivity index (χ1v) is 15.4. The van der Waals surface area contributed by atoms with Gasteiger partial charge in [-0.25, -0.2) is 0 Å². The lowest BCUT2D eigenvalue weighted by molar-refractivity contribution is -0.125. The summed E-state index contributed by atoms with van der Waals surface area (Å²) in [6.45, 7) is 16.4. The van der Waals surface area contributed by atoms with Crippen LogP contribution in [0.5, 0.6) is 0 Å². The molecule has 0 fully saturated rings. The molecule has 1 aromatic rings. The molecule has 1 aromatic carbocycles. The molecule has 0 spiro atoms. The van der Waals surface area contributed by atoms with E-state index in [0.717, 1.165) is 37.9 Å². The fraction of sp³-hybridized carbons (Fsp3) is 0.588. The van der Waals surface area contributed by atoms with E-state index in [1.54, 1.807) is 50.9 Å². The summed E-state index contributed by atoms with van der Waals surface area (Å²) in [7, 11) is 5.85. The first-order chi connectivity index (χ1) is 21.5. The molecule has 0 aliphatic rings. The lowest BCUT2D eigenvalue weighted by Gasteiger charge is -2.23. The number of hydrogen-bond donors (Lipinski definition) is 1. The SMILES string of the molecule is C=C(C=O)c1c(C)ccc(C(=O)N(CCCOCCOCCOCCCN)C(=O)/C(C)=C/C)c1C.CN(C)CCCN(C)C=O. The Morgan fingerprint density at radius 1 is 0.867 bits per heavy atom. The number of nitrogens with zero attached hydrogens (tertiary/aromatic N) is 3. The number of benzene rings is 1. The summed E-state index contributed by atoms with van der Waals surface area (Å²) in [5.74, 6) is -0.766. The topological polar surface area (TPSA) is 132 Å². The second kappa shape index (κ2) is 25.0. The lowest BCUT2D eigenvalue weighted by Crippen LogP contribution is -2.39. The molecule has 0 unspecified atom stereocenters. The molecule has 254 valence electrons. The van der Waals surface area contributed by atoms with Gasteiger partial charge in [-0.1, -0.05) is 18.7 Å². The minimum atomic E-state index is -0.411. The van der Waals surface area contributed by atoms with Crippen molar-refractivity contribution in [2.24, 2.45) is 5.73 Å². The number of rotatable bonds is 22. The van der Waals surface area contributed by atoms with Crippen LogP contribution in [0.1, 0.15) is 60.2 Å². The van der Waals surface area contributed by atoms with Crippen molar-refractivity contribution in [1.29, 1.82) is 0 Å². The Morgan fingerprint density at radius 3 is 1.96 bits per heavy atom. The number of hydrogen-bond acceptors (Lipinski definition) is 9. The predicted octanol–water partition coefficient (Wildman–Crippen LogP) is 3.27. The van der Waals surface area contributed by atoms with Crippen LogP contribution in [0.2, 0.25) is 0 Å². The van der Waals surface area contributed by atoms with Gasteiger partial charge >= 0.3 is 0 Å². The number of allylic oxidation sites excluding steroid dienone is 2. The number of amides is 3. The molecular weight excluding hydrogens is 576 g/mol. The van der Waals surface area contributed by atoms with E-state index < -0.39 is 5.91 Å². The van der Waals surface area contributed by atoms with Gasteiger partial charge in [0, 0.05) is 50.1 Å². The number of nitrogens with two attached hydrogens (primary N) is 1. The summed E-state index contributed by atoms with van der Waals surface area (Å²) in [5.41, 5.74) is 8.65. The zero-order valence-electron chi connectivity index (χ0n) is 28.6. The maximum Gasteiger partial charge on any atom is 0.261 e. The van der Waals surface area contributed by atoms with Crippen LogP contribution in [-0.2, 0) is 28.6 Å². The van der Waals surface area contributed by atoms with Gasteiger partial charge in [0.1, 0.15) is 6.29 Å². The van der Waals surface area contributed by atoms with Crippen LogP contribution in [0.15, 0.2) is 30.4 Å². The summed E-state index contributed by atoms with van der Waals surface area (Å²) in [5, 5.41) is 0. The van der Waals surface area contributed by atoms with Crippen LogP contribution in [0, 0.1) is 13.8 Å². The van der Waals surface area contributed by atoms with E-state index in [4.69, 9.17) is 19.9 Å². The minimum Gasteiger partial charge on any atom is -0.379 e. The van der Waals surface area contributed by atoms with Crippen LogP contribution < -0.4 is 5.73 Å². The summed E-state index contributed by atoms with van der Waals surface area (Å²) < 4.78 is 16.4. The van der Waals surface area contributed by atoms with Gasteiger partial charge in [0.25, 0.3) is 11.8 Å². The third kappa shape index (κ3) is 17.2. The maximum atomic E-state index is 13.4. The van der Waals surface area contributed by atoms with E-state index in [2.05, 4.69) is 11.5 Å². The quantitative estimate of drug-likeness (QED) is 0.116. The van der Waals surface area contributed by atoms with Crippen molar-refractivity contribution in [3.63, 3.8) is 0 Å². The van der Waals surface area contributed by atoms with Gasteiger partial charge in [0.2, 0.25) is 6.41 Å². The number of aryl methyl sites for hydroxylation is 1. The zero-order valence-corrected chi connectivity index (χ0v) is 28.6. The van der Waals surface area contributed by atoms with Crippen molar-refractivity contribution < 1.29 is 33.4 Å². The van der Waals surface area contributed by atoms with E-state index in [9.17, 15) is 19.2 Å². The molecule has 0 radical (unpaired) electrons. The third-order valence-corrected chi connectivity index (χ3v) is 6.83. The Bertz CT molecular complexity index is 1090. The molecule has 0 aliphatic heterocycles. The smallest absolute Gasteiger partial charge is 0.261 e. The van der Waals surface area contributed by atoms with Crippen LogP contribution in [-0.4, -0.2) is 126 Å². The second-order valence-corrected chi connectivity index (χ2v) is 10.9.